The molecule has 0 saturated heterocycles. The SMILES string of the molecule is CCOC=O.CNc1cc(Oc2ccc(N)c3ccccc23)ccn1. The number of aromatic nitrogens is 1. The number of hydrogen-bond acceptors (Lipinski definition) is 6. The first-order valence-corrected chi connectivity index (χ1v) is 7.83. The van der Waals surface area contributed by atoms with Gasteiger partial charge in [0, 0.05) is 35.8 Å². The molecule has 0 atom stereocenters. The normalized spacial score (nSPS) is 9.68. The summed E-state index contributed by atoms with van der Waals surface area (Å²) in [4.78, 5) is 13.3. The third-order valence-corrected chi connectivity index (χ3v) is 3.37. The number of pyridine rings is 1. The third-order valence-electron chi connectivity index (χ3n) is 3.37. The molecular weight excluding hydrogens is 318 g/mol. The number of rotatable bonds is 5. The Kier molecular flexibility index (Phi) is 6.59. The fourth-order valence-electron chi connectivity index (χ4n) is 2.19. The Morgan fingerprint density at radius 3 is 2.56 bits per heavy atom. The number of anilines is 2. The number of ether oxygens (including phenoxy) is 2. The van der Waals surface area contributed by atoms with Crippen molar-refractivity contribution in [2.24, 2.45) is 0 Å². The average Bonchev–Trinajstić information content (AvgIpc) is 2.66. The van der Waals surface area contributed by atoms with Gasteiger partial charge in [0.05, 0.1) is 6.61 Å². The first kappa shape index (κ1) is 18.1. The van der Waals surface area contributed by atoms with Crippen LogP contribution >= 0.6 is 0 Å². The van der Waals surface area contributed by atoms with Crippen LogP contribution < -0.4 is 15.8 Å². The second-order valence-corrected chi connectivity index (χ2v) is 4.98. The predicted octanol–water partition coefficient (Wildman–Crippen LogP) is 3.83. The number of carbonyl (C=O) groups is 1. The molecule has 0 aliphatic rings. The van der Waals surface area contributed by atoms with Gasteiger partial charge in [-0.25, -0.2) is 4.98 Å². The van der Waals surface area contributed by atoms with Gasteiger partial charge in [0.25, 0.3) is 6.47 Å². The third kappa shape index (κ3) is 4.84. The molecule has 0 spiro atoms. The summed E-state index contributed by atoms with van der Waals surface area (Å²) in [5.74, 6) is 2.28. The zero-order valence-corrected chi connectivity index (χ0v) is 14.2. The summed E-state index contributed by atoms with van der Waals surface area (Å²) in [5, 5.41) is 4.98. The Morgan fingerprint density at radius 2 is 1.92 bits per heavy atom. The molecule has 6 nitrogen and oxygen atoms in total. The largest absolute Gasteiger partial charge is 0.468 e. The van der Waals surface area contributed by atoms with Crippen LogP contribution in [0.2, 0.25) is 0 Å². The summed E-state index contributed by atoms with van der Waals surface area (Å²) in [6.07, 6.45) is 1.71. The fourth-order valence-corrected chi connectivity index (χ4v) is 2.19. The summed E-state index contributed by atoms with van der Waals surface area (Å²) in [7, 11) is 1.82. The van der Waals surface area contributed by atoms with Crippen molar-refractivity contribution in [3.05, 3.63) is 54.7 Å². The van der Waals surface area contributed by atoms with Gasteiger partial charge in [-0.1, -0.05) is 24.3 Å². The van der Waals surface area contributed by atoms with E-state index in [2.05, 4.69) is 15.0 Å². The maximum Gasteiger partial charge on any atom is 0.293 e. The minimum atomic E-state index is 0.431. The molecule has 0 fully saturated rings. The summed E-state index contributed by atoms with van der Waals surface area (Å²) in [5.41, 5.74) is 6.74. The number of benzene rings is 2. The Labute approximate surface area is 146 Å². The molecule has 1 heterocycles. The molecule has 0 bridgehead atoms. The lowest BCUT2D eigenvalue weighted by Gasteiger charge is -2.11. The van der Waals surface area contributed by atoms with Crippen molar-refractivity contribution < 1.29 is 14.3 Å². The van der Waals surface area contributed by atoms with Gasteiger partial charge in [0.2, 0.25) is 0 Å². The van der Waals surface area contributed by atoms with Crippen molar-refractivity contribution in [1.82, 2.24) is 4.98 Å². The molecule has 0 unspecified atom stereocenters. The number of nitrogens with two attached hydrogens (primary N) is 1. The number of nitrogens with one attached hydrogen (secondary N) is 1. The van der Waals surface area contributed by atoms with Crippen LogP contribution in [0.15, 0.2) is 54.7 Å². The Balaban J connectivity index is 0.000000399. The Morgan fingerprint density at radius 1 is 1.16 bits per heavy atom. The first-order chi connectivity index (χ1) is 12.2. The number of fused-ring (bicyclic) bond motifs is 1. The fraction of sp³-hybridized carbons (Fsp3) is 0.158. The van der Waals surface area contributed by atoms with Gasteiger partial charge in [-0.2, -0.15) is 0 Å². The number of nitrogens with zero attached hydrogens (tertiary/aromatic N) is 1. The van der Waals surface area contributed by atoms with E-state index < -0.39 is 0 Å². The summed E-state index contributed by atoms with van der Waals surface area (Å²) < 4.78 is 10.1. The molecule has 3 rings (SSSR count). The van der Waals surface area contributed by atoms with Crippen molar-refractivity contribution in [3.63, 3.8) is 0 Å². The number of nitrogen functional groups attached to an aromatic ring is 1. The van der Waals surface area contributed by atoms with Gasteiger partial charge in [-0.3, -0.25) is 4.79 Å². The summed E-state index contributed by atoms with van der Waals surface area (Å²) >= 11 is 0. The maximum absolute atomic E-state index is 9.18. The highest BCUT2D eigenvalue weighted by Crippen LogP contribution is 2.33. The topological polar surface area (TPSA) is 86.5 Å². The zero-order chi connectivity index (χ0) is 18.1. The maximum atomic E-state index is 9.18. The molecule has 1 aromatic heterocycles. The van der Waals surface area contributed by atoms with Crippen LogP contribution in [0.1, 0.15) is 6.92 Å². The summed E-state index contributed by atoms with van der Waals surface area (Å²) in [6.45, 7) is 2.66. The lowest BCUT2D eigenvalue weighted by atomic mass is 10.1. The average molecular weight is 339 g/mol. The molecule has 130 valence electrons. The van der Waals surface area contributed by atoms with Gasteiger partial charge >= 0.3 is 0 Å². The molecule has 6 heteroatoms. The van der Waals surface area contributed by atoms with E-state index in [4.69, 9.17) is 10.5 Å². The van der Waals surface area contributed by atoms with Crippen LogP contribution in [-0.4, -0.2) is 25.1 Å². The monoisotopic (exact) mass is 339 g/mol. The van der Waals surface area contributed by atoms with Crippen LogP contribution in [0.4, 0.5) is 11.5 Å². The molecular formula is C19H21N3O3. The molecule has 25 heavy (non-hydrogen) atoms. The van der Waals surface area contributed by atoms with E-state index in [0.29, 0.717) is 13.1 Å². The molecule has 0 radical (unpaired) electrons. The quantitative estimate of drug-likeness (QED) is 0.543. The minimum Gasteiger partial charge on any atom is -0.468 e. The van der Waals surface area contributed by atoms with Crippen LogP contribution in [-0.2, 0) is 9.53 Å². The number of carbonyl (C=O) groups excluding carboxylic acids is 1. The highest BCUT2D eigenvalue weighted by atomic mass is 16.5. The van der Waals surface area contributed by atoms with Crippen molar-refractivity contribution in [2.45, 2.75) is 6.92 Å². The minimum absolute atomic E-state index is 0.431. The highest BCUT2D eigenvalue weighted by Gasteiger charge is 2.06. The van der Waals surface area contributed by atoms with E-state index in [9.17, 15) is 4.79 Å². The van der Waals surface area contributed by atoms with Gasteiger partial charge in [-0.05, 0) is 25.1 Å². The van der Waals surface area contributed by atoms with E-state index in [1.807, 2.05) is 55.6 Å². The second kappa shape index (κ2) is 9.12. The van der Waals surface area contributed by atoms with E-state index in [-0.39, 0.29) is 0 Å². The molecule has 0 aliphatic heterocycles. The second-order valence-electron chi connectivity index (χ2n) is 4.98. The molecule has 3 aromatic rings. The standard InChI is InChI=1S/C16H15N3O.C3H6O2/c1-18-16-10-11(8-9-19-16)20-15-7-6-14(17)12-4-2-3-5-13(12)15;1-2-5-3-4/h2-10H,17H2,1H3,(H,18,19);3H,2H2,1H3. The van der Waals surface area contributed by atoms with Gasteiger partial charge in [-0.15, -0.1) is 0 Å². The van der Waals surface area contributed by atoms with Gasteiger partial charge in [0.15, 0.2) is 0 Å². The van der Waals surface area contributed by atoms with Crippen LogP contribution in [0.3, 0.4) is 0 Å². The van der Waals surface area contributed by atoms with E-state index in [1.54, 1.807) is 13.1 Å². The van der Waals surface area contributed by atoms with E-state index in [0.717, 1.165) is 33.8 Å². The number of hydrogen-bond donors (Lipinski definition) is 2. The van der Waals surface area contributed by atoms with Crippen molar-refractivity contribution in [3.8, 4) is 11.5 Å². The van der Waals surface area contributed by atoms with E-state index >= 15 is 0 Å². The lowest BCUT2D eigenvalue weighted by Crippen LogP contribution is -1.93. The lowest BCUT2D eigenvalue weighted by molar-refractivity contribution is -0.128. The van der Waals surface area contributed by atoms with Gasteiger partial charge in [0.1, 0.15) is 17.3 Å². The smallest absolute Gasteiger partial charge is 0.293 e. The van der Waals surface area contributed by atoms with Crippen LogP contribution in [0.5, 0.6) is 11.5 Å². The van der Waals surface area contributed by atoms with Gasteiger partial charge < -0.3 is 20.5 Å². The van der Waals surface area contributed by atoms with Crippen molar-refractivity contribution >= 4 is 28.7 Å². The van der Waals surface area contributed by atoms with Crippen molar-refractivity contribution in [1.29, 1.82) is 0 Å². The van der Waals surface area contributed by atoms with Crippen LogP contribution in [0, 0.1) is 0 Å². The molecule has 2 aromatic carbocycles. The molecule has 3 N–H and O–H groups in total. The molecule has 0 saturated carbocycles. The van der Waals surface area contributed by atoms with Crippen LogP contribution in [0.25, 0.3) is 10.8 Å². The Bertz CT molecular complexity index is 837. The zero-order valence-electron chi connectivity index (χ0n) is 14.2. The summed E-state index contributed by atoms with van der Waals surface area (Å²) in [6, 6.07) is 15.4. The molecule has 0 amide bonds. The van der Waals surface area contributed by atoms with E-state index in [1.165, 1.54) is 0 Å². The first-order valence-electron chi connectivity index (χ1n) is 7.83. The Hall–Kier alpha value is -3.28. The predicted molar refractivity (Wildman–Crippen MR) is 99.9 cm³/mol. The highest BCUT2D eigenvalue weighted by molar-refractivity contribution is 5.97. The van der Waals surface area contributed by atoms with Crippen molar-refractivity contribution in [2.75, 3.05) is 24.7 Å². The molecule has 0 aliphatic carbocycles.